The third-order valence-corrected chi connectivity index (χ3v) is 4.04. The highest BCUT2D eigenvalue weighted by Gasteiger charge is 2.29. The second-order valence-corrected chi connectivity index (χ2v) is 7.33. The van der Waals surface area contributed by atoms with Crippen LogP contribution in [0.25, 0.3) is 0 Å². The fourth-order valence-corrected chi connectivity index (χ4v) is 2.93. The first-order chi connectivity index (χ1) is 11.3. The molecule has 5 heteroatoms. The van der Waals surface area contributed by atoms with Crippen molar-refractivity contribution < 1.29 is 14.3 Å². The Morgan fingerprint density at radius 1 is 1.25 bits per heavy atom. The smallest absolute Gasteiger partial charge is 0.407 e. The second-order valence-electron chi connectivity index (χ2n) is 7.33. The Morgan fingerprint density at radius 2 is 1.92 bits per heavy atom. The molecule has 1 aliphatic rings. The molecule has 1 aromatic rings. The van der Waals surface area contributed by atoms with Crippen molar-refractivity contribution in [3.8, 4) is 0 Å². The fraction of sp³-hybridized carbons (Fsp3) is 0.579. The molecule has 1 unspecified atom stereocenters. The molecule has 24 heavy (non-hydrogen) atoms. The number of carbonyl (C=O) groups excluding carboxylic acids is 2. The summed E-state index contributed by atoms with van der Waals surface area (Å²) < 4.78 is 5.17. The van der Waals surface area contributed by atoms with E-state index in [1.165, 1.54) is 11.1 Å². The Bertz CT molecular complexity index is 575. The minimum absolute atomic E-state index is 0.0779. The maximum Gasteiger partial charge on any atom is 0.407 e. The number of likely N-dealkylation sites (tertiary alicyclic amines) is 1. The number of benzene rings is 1. The van der Waals surface area contributed by atoms with Gasteiger partial charge in [0.05, 0.1) is 6.04 Å². The number of nitrogens with one attached hydrogen (secondary N) is 1. The Morgan fingerprint density at radius 3 is 2.54 bits per heavy atom. The topological polar surface area (TPSA) is 58.6 Å². The van der Waals surface area contributed by atoms with E-state index in [2.05, 4.69) is 36.5 Å². The van der Waals surface area contributed by atoms with Gasteiger partial charge in [-0.2, -0.15) is 0 Å². The summed E-state index contributed by atoms with van der Waals surface area (Å²) in [7, 11) is 0. The van der Waals surface area contributed by atoms with Crippen molar-refractivity contribution in [3.63, 3.8) is 0 Å². The number of carbonyl (C=O) groups is 2. The van der Waals surface area contributed by atoms with Gasteiger partial charge in [-0.25, -0.2) is 4.79 Å². The number of amides is 2. The highest BCUT2D eigenvalue weighted by Crippen LogP contribution is 2.32. The van der Waals surface area contributed by atoms with Crippen LogP contribution in [0.4, 0.5) is 4.79 Å². The standard InChI is InChI=1S/C19H28N2O3/c1-14-7-9-15(10-8-14)16-6-5-13-21(16)17(22)11-12-20-18(23)24-19(2,3)4/h7-10,16H,5-6,11-13H2,1-4H3,(H,20,23). The Labute approximate surface area is 144 Å². The first kappa shape index (κ1) is 18.3. The third kappa shape index (κ3) is 5.25. The summed E-state index contributed by atoms with van der Waals surface area (Å²) in [5.74, 6) is 0.0779. The lowest BCUT2D eigenvalue weighted by Crippen LogP contribution is -2.36. The van der Waals surface area contributed by atoms with Gasteiger partial charge in [0.1, 0.15) is 5.60 Å². The second kappa shape index (κ2) is 7.69. The molecule has 1 aliphatic heterocycles. The molecule has 1 aromatic carbocycles. The molecule has 1 fully saturated rings. The first-order valence-electron chi connectivity index (χ1n) is 8.59. The average molecular weight is 332 g/mol. The quantitative estimate of drug-likeness (QED) is 0.917. The fourth-order valence-electron chi connectivity index (χ4n) is 2.93. The first-order valence-corrected chi connectivity index (χ1v) is 8.59. The molecule has 0 aliphatic carbocycles. The van der Waals surface area contributed by atoms with E-state index in [4.69, 9.17) is 4.74 Å². The molecular formula is C19H28N2O3. The molecule has 1 saturated heterocycles. The highest BCUT2D eigenvalue weighted by atomic mass is 16.6. The molecule has 0 spiro atoms. The highest BCUT2D eigenvalue weighted by molar-refractivity contribution is 5.78. The number of aryl methyl sites for hydroxylation is 1. The predicted molar refractivity (Wildman–Crippen MR) is 93.7 cm³/mol. The van der Waals surface area contributed by atoms with Gasteiger partial charge in [-0.05, 0) is 46.1 Å². The lowest BCUT2D eigenvalue weighted by Gasteiger charge is -2.25. The summed E-state index contributed by atoms with van der Waals surface area (Å²) in [4.78, 5) is 26.0. The van der Waals surface area contributed by atoms with E-state index in [9.17, 15) is 9.59 Å². The van der Waals surface area contributed by atoms with Crippen LogP contribution in [0.1, 0.15) is 57.2 Å². The van der Waals surface area contributed by atoms with Crippen LogP contribution in [0.3, 0.4) is 0 Å². The monoisotopic (exact) mass is 332 g/mol. The molecule has 1 atom stereocenters. The Kier molecular flexibility index (Phi) is 5.86. The molecule has 0 saturated carbocycles. The molecule has 132 valence electrons. The van der Waals surface area contributed by atoms with Crippen LogP contribution in [-0.2, 0) is 9.53 Å². The number of nitrogens with zero attached hydrogens (tertiary/aromatic N) is 1. The van der Waals surface area contributed by atoms with Gasteiger partial charge in [-0.15, -0.1) is 0 Å². The summed E-state index contributed by atoms with van der Waals surface area (Å²) in [6.07, 6.45) is 1.83. The van der Waals surface area contributed by atoms with Gasteiger partial charge < -0.3 is 15.0 Å². The number of rotatable bonds is 4. The molecule has 0 bridgehead atoms. The molecule has 5 nitrogen and oxygen atoms in total. The summed E-state index contributed by atoms with van der Waals surface area (Å²) in [5.41, 5.74) is 1.88. The zero-order chi connectivity index (χ0) is 17.7. The van der Waals surface area contributed by atoms with Crippen LogP contribution < -0.4 is 5.32 Å². The number of alkyl carbamates (subject to hydrolysis) is 1. The van der Waals surface area contributed by atoms with E-state index in [-0.39, 0.29) is 11.9 Å². The van der Waals surface area contributed by atoms with Crippen molar-refractivity contribution >= 4 is 12.0 Å². The number of ether oxygens (including phenoxy) is 1. The van der Waals surface area contributed by atoms with E-state index in [1.54, 1.807) is 0 Å². The van der Waals surface area contributed by atoms with Crippen molar-refractivity contribution in [1.82, 2.24) is 10.2 Å². The van der Waals surface area contributed by atoms with Crippen LogP contribution >= 0.6 is 0 Å². The lowest BCUT2D eigenvalue weighted by molar-refractivity contribution is -0.132. The van der Waals surface area contributed by atoms with Crippen molar-refractivity contribution in [2.24, 2.45) is 0 Å². The third-order valence-electron chi connectivity index (χ3n) is 4.04. The van der Waals surface area contributed by atoms with Gasteiger partial charge in [-0.1, -0.05) is 29.8 Å². The molecule has 0 aromatic heterocycles. The predicted octanol–water partition coefficient (Wildman–Crippen LogP) is 3.57. The summed E-state index contributed by atoms with van der Waals surface area (Å²) in [5, 5.41) is 2.65. The lowest BCUT2D eigenvalue weighted by atomic mass is 10.0. The zero-order valence-electron chi connectivity index (χ0n) is 15.1. The zero-order valence-corrected chi connectivity index (χ0v) is 15.1. The van der Waals surface area contributed by atoms with Crippen molar-refractivity contribution in [3.05, 3.63) is 35.4 Å². The minimum Gasteiger partial charge on any atom is -0.444 e. The van der Waals surface area contributed by atoms with Gasteiger partial charge in [0, 0.05) is 19.5 Å². The van der Waals surface area contributed by atoms with E-state index >= 15 is 0 Å². The normalized spacial score (nSPS) is 17.7. The average Bonchev–Trinajstić information content (AvgIpc) is 2.95. The Hall–Kier alpha value is -2.04. The van der Waals surface area contributed by atoms with Crippen molar-refractivity contribution in [2.45, 2.75) is 58.6 Å². The molecule has 2 amide bonds. The van der Waals surface area contributed by atoms with Gasteiger partial charge in [0.2, 0.25) is 5.91 Å². The van der Waals surface area contributed by atoms with Crippen molar-refractivity contribution in [1.29, 1.82) is 0 Å². The molecular weight excluding hydrogens is 304 g/mol. The van der Waals surface area contributed by atoms with Gasteiger partial charge in [0.15, 0.2) is 0 Å². The minimum atomic E-state index is -0.528. The molecule has 1 N–H and O–H groups in total. The molecule has 1 heterocycles. The van der Waals surface area contributed by atoms with Gasteiger partial charge in [0.25, 0.3) is 0 Å². The summed E-state index contributed by atoms with van der Waals surface area (Å²) in [6, 6.07) is 8.52. The SMILES string of the molecule is Cc1ccc(C2CCCN2C(=O)CCNC(=O)OC(C)(C)C)cc1. The van der Waals surface area contributed by atoms with Crippen LogP contribution in [0.2, 0.25) is 0 Å². The van der Waals surface area contributed by atoms with E-state index in [0.29, 0.717) is 13.0 Å². The van der Waals surface area contributed by atoms with E-state index in [1.807, 2.05) is 25.7 Å². The van der Waals surface area contributed by atoms with Crippen LogP contribution in [0.5, 0.6) is 0 Å². The number of hydrogen-bond acceptors (Lipinski definition) is 3. The maximum absolute atomic E-state index is 12.5. The van der Waals surface area contributed by atoms with Crippen LogP contribution in [0.15, 0.2) is 24.3 Å². The van der Waals surface area contributed by atoms with Crippen molar-refractivity contribution in [2.75, 3.05) is 13.1 Å². The largest absolute Gasteiger partial charge is 0.444 e. The molecule has 0 radical (unpaired) electrons. The van der Waals surface area contributed by atoms with Gasteiger partial charge >= 0.3 is 6.09 Å². The van der Waals surface area contributed by atoms with E-state index < -0.39 is 11.7 Å². The van der Waals surface area contributed by atoms with Gasteiger partial charge in [-0.3, -0.25) is 4.79 Å². The summed E-state index contributed by atoms with van der Waals surface area (Å²) in [6.45, 7) is 8.58. The van der Waals surface area contributed by atoms with Crippen LogP contribution in [0, 0.1) is 6.92 Å². The maximum atomic E-state index is 12.5. The van der Waals surface area contributed by atoms with Crippen LogP contribution in [-0.4, -0.2) is 35.6 Å². The van der Waals surface area contributed by atoms with E-state index in [0.717, 1.165) is 19.4 Å². The molecule has 2 rings (SSSR count). The number of hydrogen-bond donors (Lipinski definition) is 1. The Balaban J connectivity index is 1.85. The summed E-state index contributed by atoms with van der Waals surface area (Å²) >= 11 is 0.